The van der Waals surface area contributed by atoms with E-state index < -0.39 is 0 Å². The van der Waals surface area contributed by atoms with Gasteiger partial charge in [-0.2, -0.15) is 0 Å². The average molecular weight is 282 g/mol. The van der Waals surface area contributed by atoms with Gasteiger partial charge in [0, 0.05) is 12.0 Å². The molecule has 2 aromatic carbocycles. The predicted molar refractivity (Wildman–Crippen MR) is 83.0 cm³/mol. The third-order valence-electron chi connectivity index (χ3n) is 3.83. The summed E-state index contributed by atoms with van der Waals surface area (Å²) >= 11 is 0. The number of fused-ring (bicyclic) bond motifs is 1. The molecular weight excluding hydrogens is 264 g/mol. The van der Waals surface area contributed by atoms with Crippen molar-refractivity contribution in [1.82, 2.24) is 0 Å². The average Bonchev–Trinajstić information content (AvgIpc) is 2.83. The van der Waals surface area contributed by atoms with E-state index in [0.717, 1.165) is 40.9 Å². The first-order valence-electron chi connectivity index (χ1n) is 7.02. The lowest BCUT2D eigenvalue weighted by Gasteiger charge is -2.03. The van der Waals surface area contributed by atoms with Crippen molar-refractivity contribution < 1.29 is 14.3 Å². The van der Waals surface area contributed by atoms with Gasteiger partial charge in [0.25, 0.3) is 0 Å². The van der Waals surface area contributed by atoms with Crippen molar-refractivity contribution in [3.8, 4) is 11.5 Å². The highest BCUT2D eigenvalue weighted by Crippen LogP contribution is 2.32. The van der Waals surface area contributed by atoms with Gasteiger partial charge in [0.2, 0.25) is 0 Å². The third-order valence-corrected chi connectivity index (χ3v) is 3.83. The van der Waals surface area contributed by atoms with Gasteiger partial charge in [-0.3, -0.25) is 0 Å². The van der Waals surface area contributed by atoms with Crippen molar-refractivity contribution in [1.29, 1.82) is 0 Å². The fourth-order valence-electron chi connectivity index (χ4n) is 2.62. The number of ether oxygens (including phenoxy) is 1. The highest BCUT2D eigenvalue weighted by Gasteiger charge is 2.13. The summed E-state index contributed by atoms with van der Waals surface area (Å²) in [6, 6.07) is 13.4. The normalized spacial score (nSPS) is 11.0. The first kappa shape index (κ1) is 13.6. The molecule has 3 aromatic rings. The van der Waals surface area contributed by atoms with Crippen molar-refractivity contribution in [2.75, 3.05) is 7.11 Å². The first-order valence-corrected chi connectivity index (χ1v) is 7.02. The molecular formula is C18H18O3. The molecule has 21 heavy (non-hydrogen) atoms. The Morgan fingerprint density at radius 1 is 1.05 bits per heavy atom. The Morgan fingerprint density at radius 2 is 1.81 bits per heavy atom. The van der Waals surface area contributed by atoms with Crippen LogP contribution >= 0.6 is 0 Å². The summed E-state index contributed by atoms with van der Waals surface area (Å²) in [7, 11) is 1.67. The molecule has 1 heterocycles. The van der Waals surface area contributed by atoms with E-state index in [2.05, 4.69) is 12.1 Å². The number of benzene rings is 2. The minimum Gasteiger partial charge on any atom is -0.507 e. The molecule has 0 spiro atoms. The molecule has 0 aliphatic rings. The van der Waals surface area contributed by atoms with Gasteiger partial charge in [0.05, 0.1) is 12.5 Å². The maximum atomic E-state index is 9.93. The summed E-state index contributed by atoms with van der Waals surface area (Å²) in [6.45, 7) is 1.99. The van der Waals surface area contributed by atoms with Crippen LogP contribution in [0.15, 0.2) is 46.9 Å². The first-order chi connectivity index (χ1) is 10.2. The zero-order chi connectivity index (χ0) is 14.8. The van der Waals surface area contributed by atoms with Crippen molar-refractivity contribution >= 4 is 11.0 Å². The van der Waals surface area contributed by atoms with Crippen LogP contribution in [0.25, 0.3) is 11.0 Å². The predicted octanol–water partition coefficient (Wildman–Crippen LogP) is 4.24. The van der Waals surface area contributed by atoms with Crippen LogP contribution in [0.2, 0.25) is 0 Å². The molecule has 0 unspecified atom stereocenters. The van der Waals surface area contributed by atoms with E-state index in [0.29, 0.717) is 0 Å². The minimum atomic E-state index is 0.282. The van der Waals surface area contributed by atoms with E-state index in [1.807, 2.05) is 25.1 Å². The molecule has 3 nitrogen and oxygen atoms in total. The smallest absolute Gasteiger partial charge is 0.138 e. The quantitative estimate of drug-likeness (QED) is 0.778. The molecule has 0 fully saturated rings. The molecule has 0 saturated carbocycles. The van der Waals surface area contributed by atoms with E-state index in [4.69, 9.17) is 9.15 Å². The molecule has 108 valence electrons. The van der Waals surface area contributed by atoms with Gasteiger partial charge in [-0.15, -0.1) is 0 Å². The van der Waals surface area contributed by atoms with E-state index in [-0.39, 0.29) is 5.75 Å². The van der Waals surface area contributed by atoms with Crippen LogP contribution in [0.3, 0.4) is 0 Å². The van der Waals surface area contributed by atoms with Crippen LogP contribution in [0.4, 0.5) is 0 Å². The van der Waals surface area contributed by atoms with Crippen LogP contribution in [-0.4, -0.2) is 12.2 Å². The summed E-state index contributed by atoms with van der Waals surface area (Å²) in [4.78, 5) is 0. The largest absolute Gasteiger partial charge is 0.507 e. The molecule has 0 aliphatic heterocycles. The van der Waals surface area contributed by atoms with Gasteiger partial charge < -0.3 is 14.3 Å². The number of phenolic OH excluding ortho intramolecular Hbond substituents is 1. The number of aryl methyl sites for hydroxylation is 3. The lowest BCUT2D eigenvalue weighted by molar-refractivity contribution is 0.414. The van der Waals surface area contributed by atoms with Crippen molar-refractivity contribution in [2.24, 2.45) is 0 Å². The van der Waals surface area contributed by atoms with Crippen molar-refractivity contribution in [3.05, 3.63) is 59.4 Å². The zero-order valence-electron chi connectivity index (χ0n) is 12.2. The maximum absolute atomic E-state index is 9.93. The van der Waals surface area contributed by atoms with Gasteiger partial charge >= 0.3 is 0 Å². The van der Waals surface area contributed by atoms with Gasteiger partial charge in [0.15, 0.2) is 0 Å². The summed E-state index contributed by atoms with van der Waals surface area (Å²) in [5, 5.41) is 10.8. The topological polar surface area (TPSA) is 42.6 Å². The summed E-state index contributed by atoms with van der Waals surface area (Å²) in [5.41, 5.74) is 3.01. The van der Waals surface area contributed by atoms with Gasteiger partial charge in [-0.25, -0.2) is 0 Å². The Balaban J connectivity index is 1.81. The Bertz CT molecular complexity index is 754. The number of furan rings is 1. The molecule has 0 radical (unpaired) electrons. The van der Waals surface area contributed by atoms with E-state index >= 15 is 0 Å². The molecule has 0 bridgehead atoms. The Labute approximate surface area is 123 Å². The Hall–Kier alpha value is -2.42. The fraction of sp³-hybridized carbons (Fsp3) is 0.222. The van der Waals surface area contributed by atoms with Gasteiger partial charge in [-0.1, -0.05) is 18.2 Å². The SMILES string of the molecule is COc1ccc(CCc2oc3cccc(O)c3c2C)cc1. The molecule has 1 N–H and O–H groups in total. The number of hydrogen-bond acceptors (Lipinski definition) is 3. The van der Waals surface area contributed by atoms with Crippen LogP contribution in [0.1, 0.15) is 16.9 Å². The second-order valence-electron chi connectivity index (χ2n) is 5.15. The second kappa shape index (κ2) is 5.52. The molecule has 3 rings (SSSR count). The second-order valence-corrected chi connectivity index (χ2v) is 5.15. The minimum absolute atomic E-state index is 0.282. The maximum Gasteiger partial charge on any atom is 0.138 e. The molecule has 3 heteroatoms. The molecule has 0 saturated heterocycles. The fourth-order valence-corrected chi connectivity index (χ4v) is 2.62. The number of hydrogen-bond donors (Lipinski definition) is 1. The van der Waals surface area contributed by atoms with E-state index in [9.17, 15) is 5.11 Å². The molecule has 0 atom stereocenters. The number of phenols is 1. The molecule has 0 amide bonds. The molecule has 0 aliphatic carbocycles. The van der Waals surface area contributed by atoms with Crippen LogP contribution < -0.4 is 4.74 Å². The van der Waals surface area contributed by atoms with Crippen LogP contribution in [0.5, 0.6) is 11.5 Å². The molecule has 1 aromatic heterocycles. The van der Waals surface area contributed by atoms with Crippen molar-refractivity contribution in [2.45, 2.75) is 19.8 Å². The highest BCUT2D eigenvalue weighted by molar-refractivity contribution is 5.87. The van der Waals surface area contributed by atoms with E-state index in [1.165, 1.54) is 5.56 Å². The standard InChI is InChI=1S/C18H18O3/c1-12-16(21-17-5-3-4-15(19)18(12)17)11-8-13-6-9-14(20-2)10-7-13/h3-7,9-10,19H,8,11H2,1-2H3. The number of methoxy groups -OCH3 is 1. The summed E-state index contributed by atoms with van der Waals surface area (Å²) in [5.74, 6) is 2.08. The van der Waals surface area contributed by atoms with Crippen LogP contribution in [-0.2, 0) is 12.8 Å². The third kappa shape index (κ3) is 2.59. The monoisotopic (exact) mass is 282 g/mol. The number of rotatable bonds is 4. The van der Waals surface area contributed by atoms with Crippen LogP contribution in [0, 0.1) is 6.92 Å². The highest BCUT2D eigenvalue weighted by atomic mass is 16.5. The number of aromatic hydroxyl groups is 1. The lowest BCUT2D eigenvalue weighted by Crippen LogP contribution is -1.92. The van der Waals surface area contributed by atoms with Gasteiger partial charge in [-0.05, 0) is 43.2 Å². The van der Waals surface area contributed by atoms with E-state index in [1.54, 1.807) is 19.2 Å². The van der Waals surface area contributed by atoms with Gasteiger partial charge in [0.1, 0.15) is 22.8 Å². The summed E-state index contributed by atoms with van der Waals surface area (Å²) < 4.78 is 11.0. The summed E-state index contributed by atoms with van der Waals surface area (Å²) in [6.07, 6.45) is 1.71. The Morgan fingerprint density at radius 3 is 2.48 bits per heavy atom. The van der Waals surface area contributed by atoms with Crippen molar-refractivity contribution in [3.63, 3.8) is 0 Å². The lowest BCUT2D eigenvalue weighted by atomic mass is 10.1. The Kier molecular flexibility index (Phi) is 3.57. The zero-order valence-corrected chi connectivity index (χ0v) is 12.2.